The number of hydrogen-bond acceptors (Lipinski definition) is 6. The summed E-state index contributed by atoms with van der Waals surface area (Å²) in [4.78, 5) is 11.9. The van der Waals surface area contributed by atoms with Gasteiger partial charge in [0.05, 0.1) is 30.6 Å². The molecule has 0 atom stereocenters. The van der Waals surface area contributed by atoms with E-state index in [4.69, 9.17) is 4.74 Å². The van der Waals surface area contributed by atoms with Crippen molar-refractivity contribution in [3.63, 3.8) is 0 Å². The number of thioether (sulfide) groups is 1. The van der Waals surface area contributed by atoms with Crippen LogP contribution in [0.2, 0.25) is 0 Å². The average Bonchev–Trinajstić information content (AvgIpc) is 3.31. The number of carbonyl (C=O) groups excluding carboxylic acids is 1. The molecule has 2 aliphatic rings. The van der Waals surface area contributed by atoms with Crippen molar-refractivity contribution in [3.8, 4) is 17.6 Å². The van der Waals surface area contributed by atoms with Crippen molar-refractivity contribution in [3.05, 3.63) is 53.7 Å². The zero-order valence-electron chi connectivity index (χ0n) is 24.9. The van der Waals surface area contributed by atoms with Crippen molar-refractivity contribution >= 4 is 39.9 Å². The summed E-state index contributed by atoms with van der Waals surface area (Å²) in [5.41, 5.74) is 2.72. The molecule has 43 heavy (non-hydrogen) atoms. The quantitative estimate of drug-likeness (QED) is 0.230. The van der Waals surface area contributed by atoms with E-state index in [9.17, 15) is 18.0 Å². The second-order valence-corrected chi connectivity index (χ2v) is 11.8. The summed E-state index contributed by atoms with van der Waals surface area (Å²) in [5, 5.41) is 14.1. The van der Waals surface area contributed by atoms with E-state index in [1.165, 1.54) is 31.2 Å². The van der Waals surface area contributed by atoms with Crippen LogP contribution in [0.15, 0.2) is 42.5 Å². The number of anilines is 2. The number of aromatic nitrogens is 1. The molecule has 0 bridgehead atoms. The first-order chi connectivity index (χ1) is 20.7. The minimum Gasteiger partial charge on any atom is -0.495 e. The first-order valence-electron chi connectivity index (χ1n) is 14.5. The Labute approximate surface area is 255 Å². The fourth-order valence-electron chi connectivity index (χ4n) is 5.16. The monoisotopic (exact) mass is 615 g/mol. The van der Waals surface area contributed by atoms with Crippen molar-refractivity contribution < 1.29 is 22.7 Å². The van der Waals surface area contributed by atoms with Gasteiger partial charge in [-0.05, 0) is 61.4 Å². The number of nitrogens with zero attached hydrogens (tertiary/aromatic N) is 1. The van der Waals surface area contributed by atoms with E-state index in [0.29, 0.717) is 34.3 Å². The van der Waals surface area contributed by atoms with Crippen LogP contribution in [0.3, 0.4) is 0 Å². The highest BCUT2D eigenvalue weighted by molar-refractivity contribution is 7.99. The number of alkyl halides is 3. The average molecular weight is 616 g/mol. The molecule has 0 radical (unpaired) electrons. The van der Waals surface area contributed by atoms with Crippen LogP contribution >= 0.6 is 11.8 Å². The lowest BCUT2D eigenvalue weighted by Crippen LogP contribution is -2.44. The molecule has 11 heteroatoms. The molecule has 2 aromatic carbocycles. The molecule has 1 aliphatic heterocycles. The Morgan fingerprint density at radius 2 is 1.88 bits per heavy atom. The molecule has 1 aromatic heterocycles. The SMILES string of the molecule is CNC(=O)c1ccc(NCC#Cc2cc3c(NC4CCCCC4)cccc3n2CC(F)(F)F)c(OC)c1.CSC1CNC1. The predicted octanol–water partition coefficient (Wildman–Crippen LogP) is 6.10. The minimum absolute atomic E-state index is 0.177. The van der Waals surface area contributed by atoms with Crippen molar-refractivity contribution in [2.45, 2.75) is 56.1 Å². The number of rotatable bonds is 8. The topological polar surface area (TPSA) is 79.4 Å². The second-order valence-electron chi connectivity index (χ2n) is 10.6. The summed E-state index contributed by atoms with van der Waals surface area (Å²) in [7, 11) is 3.04. The molecular formula is C32H40F3N5O2S. The smallest absolute Gasteiger partial charge is 0.406 e. The summed E-state index contributed by atoms with van der Waals surface area (Å²) >= 11 is 1.95. The Hall–Kier alpha value is -3.49. The van der Waals surface area contributed by atoms with Gasteiger partial charge in [0, 0.05) is 48.1 Å². The van der Waals surface area contributed by atoms with E-state index in [1.54, 1.807) is 43.4 Å². The molecule has 1 saturated carbocycles. The maximum absolute atomic E-state index is 13.5. The molecule has 1 amide bonds. The molecule has 232 valence electrons. The standard InChI is InChI=1S/C28H31F3N4O2.C4H9NS/c1-32-27(36)19-13-14-24(26(16-19)37-2)33-15-7-10-21-17-22-23(34-20-8-4-3-5-9-20)11-6-12-25(22)35(21)18-28(29,30)31;1-6-4-2-5-3-4/h6,11-14,16-17,20,33-34H,3-5,8-9,15,18H2,1-2H3,(H,32,36);4-5H,2-3H2,1H3. The van der Waals surface area contributed by atoms with Gasteiger partial charge in [0.1, 0.15) is 12.3 Å². The van der Waals surface area contributed by atoms with Crippen molar-refractivity contribution in [1.29, 1.82) is 0 Å². The number of halogens is 3. The van der Waals surface area contributed by atoms with Crippen molar-refractivity contribution in [1.82, 2.24) is 15.2 Å². The number of hydrogen-bond donors (Lipinski definition) is 4. The number of benzene rings is 2. The molecule has 2 fully saturated rings. The van der Waals surface area contributed by atoms with Gasteiger partial charge in [-0.25, -0.2) is 0 Å². The second kappa shape index (κ2) is 15.3. The zero-order chi connectivity index (χ0) is 30.8. The molecule has 0 spiro atoms. The Morgan fingerprint density at radius 1 is 1.12 bits per heavy atom. The van der Waals surface area contributed by atoms with Crippen LogP contribution in [0.1, 0.15) is 48.2 Å². The fraction of sp³-hybridized carbons (Fsp3) is 0.469. The minimum atomic E-state index is -4.38. The van der Waals surface area contributed by atoms with Gasteiger partial charge in [-0.15, -0.1) is 0 Å². The first-order valence-corrected chi connectivity index (χ1v) is 15.8. The van der Waals surface area contributed by atoms with Crippen LogP contribution in [-0.2, 0) is 6.54 Å². The third-order valence-corrected chi connectivity index (χ3v) is 8.60. The third-order valence-electron chi connectivity index (χ3n) is 7.60. The van der Waals surface area contributed by atoms with E-state index in [-0.39, 0.29) is 12.5 Å². The molecule has 4 N–H and O–H groups in total. The van der Waals surface area contributed by atoms with Gasteiger partial charge in [-0.1, -0.05) is 31.2 Å². The zero-order valence-corrected chi connectivity index (χ0v) is 25.7. The Kier molecular flexibility index (Phi) is 11.5. The molecular weight excluding hydrogens is 575 g/mol. The van der Waals surface area contributed by atoms with Gasteiger partial charge >= 0.3 is 6.18 Å². The molecule has 2 heterocycles. The van der Waals surface area contributed by atoms with E-state index >= 15 is 0 Å². The maximum Gasteiger partial charge on any atom is 0.406 e. The Morgan fingerprint density at radius 3 is 2.49 bits per heavy atom. The van der Waals surface area contributed by atoms with E-state index in [0.717, 1.165) is 42.0 Å². The van der Waals surface area contributed by atoms with Crippen LogP contribution in [0.5, 0.6) is 5.75 Å². The van der Waals surface area contributed by atoms with Crippen molar-refractivity contribution in [2.75, 3.05) is 50.7 Å². The summed E-state index contributed by atoms with van der Waals surface area (Å²) in [6.45, 7) is 1.51. The van der Waals surface area contributed by atoms with Crippen LogP contribution in [-0.4, -0.2) is 68.0 Å². The predicted molar refractivity (Wildman–Crippen MR) is 170 cm³/mol. The number of fused-ring (bicyclic) bond motifs is 1. The van der Waals surface area contributed by atoms with Crippen LogP contribution in [0.25, 0.3) is 10.9 Å². The van der Waals surface area contributed by atoms with Gasteiger partial charge in [0.15, 0.2) is 0 Å². The summed E-state index contributed by atoms with van der Waals surface area (Å²) in [6, 6.07) is 12.4. The summed E-state index contributed by atoms with van der Waals surface area (Å²) < 4.78 is 47.0. The Bertz CT molecular complexity index is 1430. The van der Waals surface area contributed by atoms with Gasteiger partial charge < -0.3 is 30.6 Å². The number of methoxy groups -OCH3 is 1. The number of nitrogens with one attached hydrogen (secondary N) is 4. The lowest BCUT2D eigenvalue weighted by molar-refractivity contribution is -0.140. The van der Waals surface area contributed by atoms with Crippen molar-refractivity contribution in [2.24, 2.45) is 0 Å². The summed E-state index contributed by atoms with van der Waals surface area (Å²) in [6.07, 6.45) is 3.44. The molecule has 5 rings (SSSR count). The molecule has 7 nitrogen and oxygen atoms in total. The number of amides is 1. The molecule has 1 aliphatic carbocycles. The summed E-state index contributed by atoms with van der Waals surface area (Å²) in [5.74, 6) is 6.08. The highest BCUT2D eigenvalue weighted by Crippen LogP contribution is 2.32. The van der Waals surface area contributed by atoms with Crippen LogP contribution < -0.4 is 26.0 Å². The van der Waals surface area contributed by atoms with E-state index in [2.05, 4.69) is 39.4 Å². The normalized spacial score (nSPS) is 15.4. The van der Waals surface area contributed by atoms with Gasteiger partial charge in [0.2, 0.25) is 0 Å². The van der Waals surface area contributed by atoms with E-state index < -0.39 is 12.7 Å². The van der Waals surface area contributed by atoms with Gasteiger partial charge in [-0.2, -0.15) is 24.9 Å². The lowest BCUT2D eigenvalue weighted by atomic mass is 9.95. The van der Waals surface area contributed by atoms with Crippen LogP contribution in [0, 0.1) is 11.8 Å². The third kappa shape index (κ3) is 9.00. The van der Waals surface area contributed by atoms with Gasteiger partial charge in [-0.3, -0.25) is 4.79 Å². The van der Waals surface area contributed by atoms with Gasteiger partial charge in [0.25, 0.3) is 5.91 Å². The highest BCUT2D eigenvalue weighted by Gasteiger charge is 2.30. The number of ether oxygens (including phenoxy) is 1. The highest BCUT2D eigenvalue weighted by atomic mass is 32.2. The van der Waals surface area contributed by atoms with Crippen LogP contribution in [0.4, 0.5) is 24.5 Å². The molecule has 0 unspecified atom stereocenters. The molecule has 1 saturated heterocycles. The Balaban J connectivity index is 0.000000628. The molecule has 3 aromatic rings. The lowest BCUT2D eigenvalue weighted by Gasteiger charge is -2.24. The first kappa shape index (κ1) is 32.4. The fourth-order valence-corrected chi connectivity index (χ4v) is 5.73. The largest absolute Gasteiger partial charge is 0.495 e. The van der Waals surface area contributed by atoms with E-state index in [1.807, 2.05) is 17.8 Å². The maximum atomic E-state index is 13.5. The number of carbonyl (C=O) groups is 1.